The number of pyridine rings is 3. The standard InChI is InChI=1S/C29H27N2O.C20H26NSi.Ir/c1-17(2)20(5)22-13-14-30-25(16-22)23-12-11-18(3)26-27-19(4)15-24(21-9-7-6-8-10-21)31-29(27)32-28(23)26;1-22(2,3)20-15-21-19(17-11-5-4-6-12-17)14-18(20)13-16-9-7-8-10-16;/h6-11,13-17,20H,1-5H3;4-6,11,14-16H,7-10,13H2,1-3H3;/q2*-1;. The number of benzene rings is 3. The zero-order valence-corrected chi connectivity index (χ0v) is 37.0. The van der Waals surface area contributed by atoms with Gasteiger partial charge in [-0.2, -0.15) is 0 Å². The van der Waals surface area contributed by atoms with Gasteiger partial charge in [0.05, 0.1) is 19.4 Å². The molecule has 0 bridgehead atoms. The Hall–Kier alpha value is -4.22. The second-order valence-corrected chi connectivity index (χ2v) is 21.7. The molecule has 3 aromatic carbocycles. The molecule has 0 saturated heterocycles. The summed E-state index contributed by atoms with van der Waals surface area (Å²) < 4.78 is 6.43. The molecule has 4 nitrogen and oxygen atoms in total. The van der Waals surface area contributed by atoms with Crippen molar-refractivity contribution in [3.05, 3.63) is 132 Å². The molecule has 285 valence electrons. The molecular weight excluding hydrogens is 867 g/mol. The Morgan fingerprint density at radius 1 is 0.800 bits per heavy atom. The second-order valence-electron chi connectivity index (χ2n) is 16.6. The Morgan fingerprint density at radius 2 is 1.55 bits per heavy atom. The second kappa shape index (κ2) is 17.3. The number of furan rings is 1. The molecule has 0 N–H and O–H groups in total. The summed E-state index contributed by atoms with van der Waals surface area (Å²) in [7, 11) is -1.35. The van der Waals surface area contributed by atoms with Crippen molar-refractivity contribution < 1.29 is 24.5 Å². The average Bonchev–Trinajstić information content (AvgIpc) is 3.84. The van der Waals surface area contributed by atoms with Crippen molar-refractivity contribution in [2.24, 2.45) is 11.8 Å². The predicted molar refractivity (Wildman–Crippen MR) is 229 cm³/mol. The van der Waals surface area contributed by atoms with Gasteiger partial charge in [-0.3, -0.25) is 0 Å². The first-order valence-electron chi connectivity index (χ1n) is 19.7. The monoisotopic (exact) mass is 920 g/mol. The minimum Gasteiger partial charge on any atom is -0.486 e. The summed E-state index contributed by atoms with van der Waals surface area (Å²) >= 11 is 0. The topological polar surface area (TPSA) is 51.8 Å². The molecule has 1 aliphatic rings. The van der Waals surface area contributed by atoms with Gasteiger partial charge in [0.25, 0.3) is 0 Å². The normalized spacial score (nSPS) is 13.8. The maximum Gasteiger partial charge on any atom is 0.216 e. The Kier molecular flexibility index (Phi) is 12.7. The fraction of sp³-hybridized carbons (Fsp3) is 0.327. The fourth-order valence-electron chi connectivity index (χ4n) is 7.92. The molecule has 4 aromatic heterocycles. The maximum absolute atomic E-state index is 6.43. The fourth-order valence-corrected chi connectivity index (χ4v) is 9.51. The Morgan fingerprint density at radius 3 is 2.24 bits per heavy atom. The van der Waals surface area contributed by atoms with Gasteiger partial charge < -0.3 is 14.4 Å². The van der Waals surface area contributed by atoms with Crippen LogP contribution in [0.1, 0.15) is 74.6 Å². The molecule has 0 spiro atoms. The van der Waals surface area contributed by atoms with E-state index in [-0.39, 0.29) is 20.1 Å². The van der Waals surface area contributed by atoms with E-state index in [0.717, 1.165) is 67.2 Å². The maximum atomic E-state index is 6.43. The van der Waals surface area contributed by atoms with Crippen LogP contribution in [0.3, 0.4) is 0 Å². The molecule has 1 saturated carbocycles. The summed E-state index contributed by atoms with van der Waals surface area (Å²) in [6.07, 6.45) is 10.9. The van der Waals surface area contributed by atoms with Gasteiger partial charge in [-0.05, 0) is 65.4 Å². The van der Waals surface area contributed by atoms with Crippen LogP contribution >= 0.6 is 0 Å². The molecule has 55 heavy (non-hydrogen) atoms. The molecule has 1 aliphatic carbocycles. The third-order valence-corrected chi connectivity index (χ3v) is 13.4. The van der Waals surface area contributed by atoms with E-state index in [2.05, 4.69) is 126 Å². The quantitative estimate of drug-likeness (QED) is 0.113. The van der Waals surface area contributed by atoms with E-state index in [1.54, 1.807) is 10.8 Å². The van der Waals surface area contributed by atoms with Gasteiger partial charge >= 0.3 is 0 Å². The van der Waals surface area contributed by atoms with Gasteiger partial charge in [0.1, 0.15) is 0 Å². The van der Waals surface area contributed by atoms with E-state index in [0.29, 0.717) is 17.5 Å². The van der Waals surface area contributed by atoms with E-state index in [4.69, 9.17) is 14.4 Å². The van der Waals surface area contributed by atoms with Crippen molar-refractivity contribution in [1.29, 1.82) is 0 Å². The van der Waals surface area contributed by atoms with Crippen LogP contribution in [0, 0.1) is 37.8 Å². The molecular formula is C49H53IrN3OSi-2. The molecule has 6 heteroatoms. The van der Waals surface area contributed by atoms with Crippen LogP contribution in [0.5, 0.6) is 0 Å². The minimum absolute atomic E-state index is 0. The Bertz CT molecular complexity index is 2370. The van der Waals surface area contributed by atoms with Gasteiger partial charge in [-0.25, -0.2) is 4.98 Å². The summed E-state index contributed by atoms with van der Waals surface area (Å²) in [6, 6.07) is 35.9. The third kappa shape index (κ3) is 8.93. The van der Waals surface area contributed by atoms with Crippen molar-refractivity contribution in [3.8, 4) is 33.8 Å². The summed E-state index contributed by atoms with van der Waals surface area (Å²) in [6.45, 7) is 18.3. The van der Waals surface area contributed by atoms with Crippen LogP contribution in [0.4, 0.5) is 0 Å². The van der Waals surface area contributed by atoms with Gasteiger partial charge in [-0.1, -0.05) is 138 Å². The van der Waals surface area contributed by atoms with E-state index in [9.17, 15) is 0 Å². The molecule has 1 unspecified atom stereocenters. The first kappa shape index (κ1) is 40.4. The first-order chi connectivity index (χ1) is 26.0. The van der Waals surface area contributed by atoms with Crippen LogP contribution < -0.4 is 5.19 Å². The van der Waals surface area contributed by atoms with E-state index in [1.807, 2.05) is 42.6 Å². The molecule has 7 aromatic rings. The number of fused-ring (bicyclic) bond motifs is 3. The average molecular weight is 920 g/mol. The molecule has 1 atom stereocenters. The molecule has 0 aliphatic heterocycles. The number of nitrogens with zero attached hydrogens (tertiary/aromatic N) is 3. The van der Waals surface area contributed by atoms with Crippen LogP contribution in [-0.4, -0.2) is 23.0 Å². The SMILES string of the molecule is C[Si](C)(C)c1cnc(-c2[c-]cccc2)cc1CC1CCCC1.Cc1cc(-c2ccccc2)nc2oc3c(-c4cc(C(C)C(C)C)ccn4)[c-]cc(C)c3c12.[Ir]. The molecule has 0 amide bonds. The summed E-state index contributed by atoms with van der Waals surface area (Å²) in [5, 5.41) is 3.71. The molecule has 1 fully saturated rings. The van der Waals surface area contributed by atoms with Crippen molar-refractivity contribution in [2.75, 3.05) is 0 Å². The number of hydrogen-bond donors (Lipinski definition) is 0. The van der Waals surface area contributed by atoms with E-state index < -0.39 is 8.07 Å². The Labute approximate surface area is 342 Å². The largest absolute Gasteiger partial charge is 0.486 e. The van der Waals surface area contributed by atoms with Crippen LogP contribution in [0.15, 0.2) is 102 Å². The zero-order valence-electron chi connectivity index (χ0n) is 33.6. The number of aryl methyl sites for hydroxylation is 2. The zero-order chi connectivity index (χ0) is 38.0. The van der Waals surface area contributed by atoms with Crippen molar-refractivity contribution in [3.63, 3.8) is 0 Å². The van der Waals surface area contributed by atoms with Gasteiger partial charge in [0.2, 0.25) is 5.71 Å². The van der Waals surface area contributed by atoms with Crippen LogP contribution in [0.25, 0.3) is 55.8 Å². The predicted octanol–water partition coefficient (Wildman–Crippen LogP) is 12.7. The van der Waals surface area contributed by atoms with Crippen molar-refractivity contribution in [1.82, 2.24) is 15.0 Å². The Balaban J connectivity index is 0.000000196. The third-order valence-electron chi connectivity index (χ3n) is 11.3. The van der Waals surface area contributed by atoms with Crippen LogP contribution in [0.2, 0.25) is 19.6 Å². The van der Waals surface area contributed by atoms with E-state index in [1.165, 1.54) is 37.7 Å². The van der Waals surface area contributed by atoms with E-state index >= 15 is 0 Å². The van der Waals surface area contributed by atoms with Crippen LogP contribution in [-0.2, 0) is 26.5 Å². The minimum atomic E-state index is -1.35. The first-order valence-corrected chi connectivity index (χ1v) is 23.2. The van der Waals surface area contributed by atoms with Gasteiger partial charge in [0, 0.05) is 43.4 Å². The van der Waals surface area contributed by atoms with Gasteiger partial charge in [-0.15, -0.1) is 53.6 Å². The van der Waals surface area contributed by atoms with Gasteiger partial charge in [0.15, 0.2) is 0 Å². The molecule has 1 radical (unpaired) electrons. The number of rotatable bonds is 8. The number of hydrogen-bond acceptors (Lipinski definition) is 4. The summed E-state index contributed by atoms with van der Waals surface area (Å²) in [5.74, 6) is 1.89. The van der Waals surface area contributed by atoms with Crippen molar-refractivity contribution >= 4 is 35.3 Å². The summed E-state index contributed by atoms with van der Waals surface area (Å²) in [4.78, 5) is 14.3. The number of aromatic nitrogens is 3. The summed E-state index contributed by atoms with van der Waals surface area (Å²) in [5.41, 5.74) is 12.6. The molecule has 4 heterocycles. The smallest absolute Gasteiger partial charge is 0.216 e. The van der Waals surface area contributed by atoms with Crippen molar-refractivity contribution in [2.45, 2.75) is 92.3 Å². The molecule has 8 rings (SSSR count).